The van der Waals surface area contributed by atoms with Gasteiger partial charge in [-0.25, -0.2) is 4.99 Å². The molecule has 0 aliphatic heterocycles. The minimum Gasteiger partial charge on any atom is -0.370 e. The first-order valence-corrected chi connectivity index (χ1v) is 4.63. The number of halogens is 5. The van der Waals surface area contributed by atoms with Crippen LogP contribution in [0.5, 0.6) is 0 Å². The Balaban J connectivity index is 3.51. The lowest BCUT2D eigenvalue weighted by molar-refractivity contribution is -0.137. The van der Waals surface area contributed by atoms with Crippen LogP contribution in [0.15, 0.2) is 17.1 Å². The van der Waals surface area contributed by atoms with Gasteiger partial charge in [0.25, 0.3) is 0 Å². The van der Waals surface area contributed by atoms with Crippen molar-refractivity contribution in [2.75, 3.05) is 0 Å². The van der Waals surface area contributed by atoms with Crippen LogP contribution < -0.4 is 11.5 Å². The quantitative estimate of drug-likeness (QED) is 0.609. The molecule has 0 unspecified atom stereocenters. The summed E-state index contributed by atoms with van der Waals surface area (Å²) in [5, 5.41) is -0.417. The van der Waals surface area contributed by atoms with Gasteiger partial charge in [-0.1, -0.05) is 23.2 Å². The van der Waals surface area contributed by atoms with Crippen molar-refractivity contribution in [1.29, 1.82) is 0 Å². The van der Waals surface area contributed by atoms with Gasteiger partial charge in [0.1, 0.15) is 0 Å². The van der Waals surface area contributed by atoms with Crippen LogP contribution in [0.4, 0.5) is 18.9 Å². The molecule has 0 saturated carbocycles. The molecule has 0 radical (unpaired) electrons. The smallest absolute Gasteiger partial charge is 0.370 e. The van der Waals surface area contributed by atoms with E-state index in [0.29, 0.717) is 6.07 Å². The molecule has 0 fully saturated rings. The van der Waals surface area contributed by atoms with E-state index >= 15 is 0 Å². The number of hydrogen-bond donors (Lipinski definition) is 2. The first-order valence-electron chi connectivity index (χ1n) is 3.87. The molecule has 0 spiro atoms. The molecule has 0 aliphatic rings. The van der Waals surface area contributed by atoms with Crippen molar-refractivity contribution in [3.63, 3.8) is 0 Å². The Bertz CT molecular complexity index is 439. The molecular formula is C8H6Cl2F3N3. The Kier molecular flexibility index (Phi) is 3.54. The zero-order valence-electron chi connectivity index (χ0n) is 7.65. The van der Waals surface area contributed by atoms with E-state index in [1.54, 1.807) is 0 Å². The lowest BCUT2D eigenvalue weighted by Crippen LogP contribution is -2.22. The summed E-state index contributed by atoms with van der Waals surface area (Å²) >= 11 is 11.1. The van der Waals surface area contributed by atoms with Crippen molar-refractivity contribution < 1.29 is 13.2 Å². The van der Waals surface area contributed by atoms with Crippen LogP contribution in [0.3, 0.4) is 0 Å². The lowest BCUT2D eigenvalue weighted by Gasteiger charge is -2.11. The Labute approximate surface area is 98.8 Å². The molecule has 0 saturated heterocycles. The van der Waals surface area contributed by atoms with Gasteiger partial charge in [-0.05, 0) is 12.1 Å². The van der Waals surface area contributed by atoms with Crippen LogP contribution >= 0.6 is 23.2 Å². The average molecular weight is 272 g/mol. The van der Waals surface area contributed by atoms with E-state index in [1.807, 2.05) is 0 Å². The van der Waals surface area contributed by atoms with Gasteiger partial charge in [0.2, 0.25) is 0 Å². The topological polar surface area (TPSA) is 64.4 Å². The Morgan fingerprint density at radius 2 is 1.75 bits per heavy atom. The Hall–Kier alpha value is -1.14. The number of aliphatic imine (C=N–C) groups is 1. The fourth-order valence-corrected chi connectivity index (χ4v) is 1.56. The van der Waals surface area contributed by atoms with Crippen molar-refractivity contribution in [3.05, 3.63) is 27.7 Å². The molecule has 88 valence electrons. The highest BCUT2D eigenvalue weighted by molar-refractivity contribution is 6.36. The molecule has 0 aliphatic carbocycles. The summed E-state index contributed by atoms with van der Waals surface area (Å²) in [5.74, 6) is -0.519. The van der Waals surface area contributed by atoms with Gasteiger partial charge in [-0.2, -0.15) is 13.2 Å². The third kappa shape index (κ3) is 2.93. The van der Waals surface area contributed by atoms with Crippen LogP contribution in [0, 0.1) is 0 Å². The van der Waals surface area contributed by atoms with Gasteiger partial charge < -0.3 is 11.5 Å². The van der Waals surface area contributed by atoms with Gasteiger partial charge in [-0.15, -0.1) is 0 Å². The van der Waals surface area contributed by atoms with E-state index in [9.17, 15) is 13.2 Å². The third-order valence-corrected chi connectivity index (χ3v) is 2.08. The van der Waals surface area contributed by atoms with Crippen molar-refractivity contribution in [2.24, 2.45) is 16.5 Å². The summed E-state index contributed by atoms with van der Waals surface area (Å²) < 4.78 is 37.8. The average Bonchev–Trinajstić information content (AvgIpc) is 2.06. The number of nitrogens with two attached hydrogens (primary N) is 2. The van der Waals surface area contributed by atoms with Crippen LogP contribution in [-0.4, -0.2) is 5.96 Å². The van der Waals surface area contributed by atoms with E-state index in [-0.39, 0.29) is 10.0 Å². The van der Waals surface area contributed by atoms with Gasteiger partial charge in [0, 0.05) is 5.02 Å². The number of benzene rings is 1. The van der Waals surface area contributed by atoms with E-state index in [1.165, 1.54) is 0 Å². The fourth-order valence-electron chi connectivity index (χ4n) is 1.02. The number of rotatable bonds is 1. The molecule has 0 heterocycles. The van der Waals surface area contributed by atoms with Gasteiger partial charge in [-0.3, -0.25) is 0 Å². The van der Waals surface area contributed by atoms with Crippen LogP contribution in [0.2, 0.25) is 10.0 Å². The molecule has 0 bridgehead atoms. The van der Waals surface area contributed by atoms with E-state index in [0.717, 1.165) is 6.07 Å². The molecular weight excluding hydrogens is 266 g/mol. The van der Waals surface area contributed by atoms with Gasteiger partial charge in [0.15, 0.2) is 5.96 Å². The zero-order chi connectivity index (χ0) is 12.5. The first kappa shape index (κ1) is 12.9. The summed E-state index contributed by atoms with van der Waals surface area (Å²) in [5.41, 5.74) is 8.40. The molecule has 3 nitrogen and oxygen atoms in total. The summed E-state index contributed by atoms with van der Waals surface area (Å²) in [6.07, 6.45) is -4.64. The predicted octanol–water partition coefficient (Wildman–Crippen LogP) is 2.92. The largest absolute Gasteiger partial charge is 0.418 e. The molecule has 1 aromatic carbocycles. The maximum atomic E-state index is 12.6. The highest BCUT2D eigenvalue weighted by atomic mass is 35.5. The fraction of sp³-hybridized carbons (Fsp3) is 0.125. The lowest BCUT2D eigenvalue weighted by atomic mass is 10.1. The number of alkyl halides is 3. The van der Waals surface area contributed by atoms with E-state index in [4.69, 9.17) is 34.7 Å². The number of nitrogens with zero attached hydrogens (tertiary/aromatic N) is 1. The number of guanidine groups is 1. The minimum atomic E-state index is -4.64. The van der Waals surface area contributed by atoms with Crippen LogP contribution in [0.1, 0.15) is 5.56 Å². The molecule has 0 atom stereocenters. The summed E-state index contributed by atoms with van der Waals surface area (Å²) in [4.78, 5) is 3.33. The van der Waals surface area contributed by atoms with Crippen LogP contribution in [0.25, 0.3) is 0 Å². The SMILES string of the molecule is NC(N)=Nc1c(Cl)cc(Cl)cc1C(F)(F)F. The summed E-state index contributed by atoms with van der Waals surface area (Å²) in [6.45, 7) is 0. The molecule has 0 amide bonds. The third-order valence-electron chi connectivity index (χ3n) is 1.57. The molecule has 1 aromatic rings. The summed E-state index contributed by atoms with van der Waals surface area (Å²) in [7, 11) is 0. The first-order chi connectivity index (χ1) is 7.21. The molecule has 4 N–H and O–H groups in total. The molecule has 1 rings (SSSR count). The highest BCUT2D eigenvalue weighted by Crippen LogP contribution is 2.42. The molecule has 8 heteroatoms. The van der Waals surface area contributed by atoms with E-state index in [2.05, 4.69) is 4.99 Å². The Morgan fingerprint density at radius 3 is 2.19 bits per heavy atom. The summed E-state index contributed by atoms with van der Waals surface area (Å²) in [6, 6.07) is 1.83. The van der Waals surface area contributed by atoms with Gasteiger partial charge >= 0.3 is 6.18 Å². The molecule has 0 aromatic heterocycles. The second-order valence-corrected chi connectivity index (χ2v) is 3.66. The monoisotopic (exact) mass is 271 g/mol. The normalized spacial score (nSPS) is 11.3. The van der Waals surface area contributed by atoms with Crippen molar-refractivity contribution in [2.45, 2.75) is 6.18 Å². The maximum Gasteiger partial charge on any atom is 0.418 e. The van der Waals surface area contributed by atoms with E-state index < -0.39 is 23.4 Å². The van der Waals surface area contributed by atoms with Gasteiger partial charge in [0.05, 0.1) is 16.3 Å². The Morgan fingerprint density at radius 1 is 1.19 bits per heavy atom. The maximum absolute atomic E-state index is 12.6. The zero-order valence-corrected chi connectivity index (χ0v) is 9.16. The van der Waals surface area contributed by atoms with Crippen molar-refractivity contribution >= 4 is 34.8 Å². The van der Waals surface area contributed by atoms with Crippen molar-refractivity contribution in [1.82, 2.24) is 0 Å². The van der Waals surface area contributed by atoms with Crippen molar-refractivity contribution in [3.8, 4) is 0 Å². The standard InChI is InChI=1S/C8H6Cl2F3N3/c9-3-1-4(8(11,12)13)6(5(10)2-3)16-7(14)15/h1-2H,(H4,14,15,16). The number of hydrogen-bond acceptors (Lipinski definition) is 1. The highest BCUT2D eigenvalue weighted by Gasteiger charge is 2.35. The minimum absolute atomic E-state index is 0.146. The molecule has 16 heavy (non-hydrogen) atoms. The second-order valence-electron chi connectivity index (χ2n) is 2.82. The second kappa shape index (κ2) is 4.39. The predicted molar refractivity (Wildman–Crippen MR) is 56.9 cm³/mol. The van der Waals surface area contributed by atoms with Crippen LogP contribution in [-0.2, 0) is 6.18 Å².